The van der Waals surface area contributed by atoms with Gasteiger partial charge in [0.05, 0.1) is 10.9 Å². The molecule has 0 heterocycles. The van der Waals surface area contributed by atoms with E-state index in [4.69, 9.17) is 0 Å². The number of halogens is 20. The van der Waals surface area contributed by atoms with Crippen LogP contribution >= 0.6 is 0 Å². The third-order valence-electron chi connectivity index (χ3n) is 11.0. The van der Waals surface area contributed by atoms with Gasteiger partial charge in [0.1, 0.15) is 52.7 Å². The Morgan fingerprint density at radius 2 is 0.449 bits per heavy atom. The Morgan fingerprint density at radius 1 is 0.275 bits per heavy atom. The van der Waals surface area contributed by atoms with Gasteiger partial charge >= 0.3 is 0 Å². The quantitative estimate of drug-likeness (QED) is 0.0468. The molecule has 7 rings (SSSR count). The Balaban J connectivity index is 0.000000273. The number of benzene rings is 7. The van der Waals surface area contributed by atoms with E-state index in [0.717, 1.165) is 0 Å². The lowest BCUT2D eigenvalue weighted by atomic mass is 9.12. The van der Waals surface area contributed by atoms with Crippen molar-refractivity contribution in [3.8, 4) is 0 Å². The summed E-state index contributed by atoms with van der Waals surface area (Å²) in [4.78, 5) is 4.13. The van der Waals surface area contributed by atoms with Gasteiger partial charge in [0.15, 0.2) is 84.5 Å². The minimum Gasteiger partial charge on any atom is -0.207 e. The van der Waals surface area contributed by atoms with E-state index in [2.05, 4.69) is 100 Å². The summed E-state index contributed by atoms with van der Waals surface area (Å²) in [6, 6.07) is 27.1. The van der Waals surface area contributed by atoms with Crippen molar-refractivity contribution in [1.29, 1.82) is 0 Å². The van der Waals surface area contributed by atoms with Crippen molar-refractivity contribution in [3.05, 3.63) is 206 Å². The van der Waals surface area contributed by atoms with E-state index in [1.807, 2.05) is 0 Å². The van der Waals surface area contributed by atoms with Crippen molar-refractivity contribution in [2.24, 2.45) is 0 Å². The van der Waals surface area contributed by atoms with E-state index in [9.17, 15) is 52.7 Å². The van der Waals surface area contributed by atoms with Gasteiger partial charge in [0.2, 0.25) is 0 Å². The molecule has 0 aliphatic heterocycles. The monoisotopic (exact) mass is 1010 g/mol. The molecule has 7 aromatic rings. The highest BCUT2D eigenvalue weighted by molar-refractivity contribution is 7.97. The van der Waals surface area contributed by atoms with Crippen molar-refractivity contribution in [1.82, 2.24) is 0 Å². The minimum atomic E-state index is -7.22. The fraction of sp³-hybridized carbons (Fsp3) is 0.106. The van der Waals surface area contributed by atoms with E-state index in [1.54, 1.807) is 0 Å². The lowest BCUT2D eigenvalue weighted by Gasteiger charge is -2.44. The molecule has 0 radical (unpaired) electrons. The smallest absolute Gasteiger partial charge is 0.200 e. The van der Waals surface area contributed by atoms with Crippen LogP contribution < -0.4 is 21.9 Å². The highest BCUT2D eigenvalue weighted by atomic mass is 32.2. The second-order valence-electron chi connectivity index (χ2n) is 15.5. The number of hydrogen-bond donors (Lipinski definition) is 0. The largest absolute Gasteiger partial charge is 0.207 e. The Labute approximate surface area is 380 Å². The number of hydrogen-bond acceptors (Lipinski definition) is 0. The maximum atomic E-state index is 15.4. The first-order valence-corrected chi connectivity index (χ1v) is 20.7. The van der Waals surface area contributed by atoms with Gasteiger partial charge in [0.25, 0.3) is 0 Å². The fourth-order valence-electron chi connectivity index (χ4n) is 7.62. The van der Waals surface area contributed by atoms with E-state index in [-0.39, 0.29) is 10.9 Å². The van der Waals surface area contributed by atoms with Crippen LogP contribution in [-0.4, -0.2) is 6.15 Å². The van der Waals surface area contributed by atoms with Gasteiger partial charge in [-0.1, -0.05) is 61.4 Å². The maximum Gasteiger partial charge on any atom is 0.200 e. The Kier molecular flexibility index (Phi) is 14.7. The maximum absolute atomic E-state index is 15.4. The van der Waals surface area contributed by atoms with Crippen molar-refractivity contribution >= 4 is 38.9 Å². The average molecular weight is 1010 g/mol. The summed E-state index contributed by atoms with van der Waals surface area (Å²) >= 11 is 0. The topological polar surface area (TPSA) is 0 Å². The first-order chi connectivity index (χ1) is 32.2. The van der Waals surface area contributed by atoms with Crippen LogP contribution in [0, 0.1) is 130 Å². The van der Waals surface area contributed by atoms with E-state index >= 15 is 35.1 Å². The zero-order valence-corrected chi connectivity index (χ0v) is 35.9. The van der Waals surface area contributed by atoms with Gasteiger partial charge in [-0.3, -0.25) is 0 Å². The van der Waals surface area contributed by atoms with Crippen LogP contribution in [0.2, 0.25) is 0 Å². The van der Waals surface area contributed by atoms with Gasteiger partial charge in [-0.25, -0.2) is 87.8 Å². The lowest BCUT2D eigenvalue weighted by Crippen LogP contribution is -2.81. The summed E-state index contributed by atoms with van der Waals surface area (Å²) in [6.45, 7) is 8.78. The van der Waals surface area contributed by atoms with Gasteiger partial charge in [0, 0.05) is 0 Å². The molecule has 22 heteroatoms. The molecule has 0 nitrogen and oxygen atoms in total. The summed E-state index contributed by atoms with van der Waals surface area (Å²) in [5.41, 5.74) is -10.3. The van der Waals surface area contributed by atoms with E-state index < -0.39 is 144 Å². The predicted octanol–water partition coefficient (Wildman–Crippen LogP) is 12.4. The summed E-state index contributed by atoms with van der Waals surface area (Å²) in [5.74, 6) is -70.8. The van der Waals surface area contributed by atoms with E-state index in [1.165, 1.54) is 31.4 Å². The average Bonchev–Trinajstić information content (AvgIpc) is 3.33. The number of aryl methyl sites for hydroxylation is 2. The molecule has 0 amide bonds. The first-order valence-electron chi connectivity index (χ1n) is 19.5. The molecule has 0 saturated carbocycles. The van der Waals surface area contributed by atoms with Gasteiger partial charge in [-0.2, -0.15) is 0 Å². The minimum absolute atomic E-state index is 0.0527. The second kappa shape index (κ2) is 19.5. The molecule has 0 aromatic heterocycles. The molecular weight excluding hydrogens is 987 g/mol. The molecule has 0 N–H and O–H groups in total. The third kappa shape index (κ3) is 8.58. The third-order valence-corrected chi connectivity index (χ3v) is 13.2. The Hall–Kier alpha value is -6.45. The van der Waals surface area contributed by atoms with Crippen LogP contribution in [0.3, 0.4) is 0 Å². The van der Waals surface area contributed by atoms with Crippen LogP contribution in [-0.2, 0) is 10.9 Å². The molecule has 0 aliphatic carbocycles. The summed E-state index contributed by atoms with van der Waals surface area (Å²) in [6.07, 6.45) is -7.22. The summed E-state index contributed by atoms with van der Waals surface area (Å²) < 4.78 is 294. The van der Waals surface area contributed by atoms with E-state index in [0.29, 0.717) is 5.92 Å². The molecular formula is C47H25BF20S. The van der Waals surface area contributed by atoms with Crippen LogP contribution in [0.1, 0.15) is 36.5 Å². The molecule has 0 aliphatic rings. The molecule has 0 spiro atoms. The fourth-order valence-corrected chi connectivity index (χ4v) is 9.66. The van der Waals surface area contributed by atoms with Crippen LogP contribution in [0.4, 0.5) is 87.8 Å². The first kappa shape index (κ1) is 51.9. The highest BCUT2D eigenvalue weighted by Gasteiger charge is 2.52. The van der Waals surface area contributed by atoms with Crippen molar-refractivity contribution < 1.29 is 87.8 Å². The van der Waals surface area contributed by atoms with Gasteiger partial charge in [-0.15, -0.1) is 21.9 Å². The second-order valence-corrected chi connectivity index (χ2v) is 17.5. The molecule has 362 valence electrons. The van der Waals surface area contributed by atoms with Crippen molar-refractivity contribution in [3.63, 3.8) is 0 Å². The Bertz CT molecular complexity index is 2710. The standard InChI is InChI=1S/C24BF20.C23H25S/c26-5-1(6(27)14(35)21(42)13(5)34)25(2-7(28)15(36)22(43)16(37)8(2)29,3-9(30)17(38)23(44)18(39)10(3)31)4-11(32)19(40)24(45)20(41)12(4)33;1-17(2)20-9-15-23(16-10-20)24(21-11-5-18(3)6-12-21)22-13-7-19(4)8-14-22/h;5-17H,1-4H3/q-1;+1. The summed E-state index contributed by atoms with van der Waals surface area (Å²) in [7, 11) is -0.0527. The van der Waals surface area contributed by atoms with Gasteiger partial charge < -0.3 is 0 Å². The summed E-state index contributed by atoms with van der Waals surface area (Å²) in [5, 5.41) is 0. The predicted molar refractivity (Wildman–Crippen MR) is 214 cm³/mol. The zero-order valence-electron chi connectivity index (χ0n) is 35.1. The lowest BCUT2D eigenvalue weighted by molar-refractivity contribution is 0.378. The molecule has 0 saturated heterocycles. The Morgan fingerprint density at radius 3 is 0.638 bits per heavy atom. The normalized spacial score (nSPS) is 11.7. The van der Waals surface area contributed by atoms with Crippen LogP contribution in [0.5, 0.6) is 0 Å². The highest BCUT2D eigenvalue weighted by Crippen LogP contribution is 2.34. The SMILES string of the molecule is Cc1ccc([S+](c2ccc(C)cc2)c2ccc(C(C)C)cc2)cc1.Fc1c(F)c(F)c([B-](c2c(F)c(F)c(F)c(F)c2F)(c2c(F)c(F)c(F)c(F)c2F)c2c(F)c(F)c(F)c(F)c2F)c(F)c1F. The van der Waals surface area contributed by atoms with Crippen molar-refractivity contribution in [2.45, 2.75) is 48.3 Å². The zero-order chi connectivity index (χ0) is 51.5. The molecule has 0 atom stereocenters. The van der Waals surface area contributed by atoms with Crippen molar-refractivity contribution in [2.75, 3.05) is 0 Å². The van der Waals surface area contributed by atoms with Crippen LogP contribution in [0.25, 0.3) is 0 Å². The molecule has 0 unspecified atom stereocenters. The molecule has 7 aromatic carbocycles. The molecule has 69 heavy (non-hydrogen) atoms. The van der Waals surface area contributed by atoms with Gasteiger partial charge in [-0.05, 0) is 61.7 Å². The number of rotatable bonds is 8. The molecule has 0 fully saturated rings. The van der Waals surface area contributed by atoms with Crippen LogP contribution in [0.15, 0.2) is 87.5 Å². The molecule has 0 bridgehead atoms.